The number of likely N-dealkylation sites (N-methyl/N-ethyl adjacent to an activating group) is 1. The van der Waals surface area contributed by atoms with Crippen molar-refractivity contribution >= 4 is 44.6 Å². The molecule has 0 amide bonds. The second-order valence-electron chi connectivity index (χ2n) is 4.03. The van der Waals surface area contributed by atoms with Gasteiger partial charge in [-0.05, 0) is 12.6 Å². The van der Waals surface area contributed by atoms with Crippen LogP contribution in [0.5, 0.6) is 0 Å². The van der Waals surface area contributed by atoms with Gasteiger partial charge in [-0.2, -0.15) is 4.31 Å². The molecule has 2 heterocycles. The molecule has 0 spiro atoms. The van der Waals surface area contributed by atoms with Crippen molar-refractivity contribution < 1.29 is 8.42 Å². The monoisotopic (exact) mass is 328 g/mol. The summed E-state index contributed by atoms with van der Waals surface area (Å²) in [5, 5.41) is 0. The van der Waals surface area contributed by atoms with Crippen LogP contribution in [0.15, 0.2) is 11.0 Å². The molecule has 1 fully saturated rings. The summed E-state index contributed by atoms with van der Waals surface area (Å²) in [6.07, 6.45) is 0. The van der Waals surface area contributed by atoms with E-state index in [0.29, 0.717) is 17.4 Å². The lowest BCUT2D eigenvalue weighted by molar-refractivity contribution is 0.196. The predicted octanol–water partition coefficient (Wildman–Crippen LogP) is 2.38. The molecule has 8 heteroatoms. The minimum Gasteiger partial charge on any atom is -0.301 e. The third-order valence-corrected chi connectivity index (χ3v) is 6.67. The van der Waals surface area contributed by atoms with Gasteiger partial charge >= 0.3 is 0 Å². The molecule has 1 aliphatic heterocycles. The summed E-state index contributed by atoms with van der Waals surface area (Å²) in [5.74, 6) is 0. The van der Waals surface area contributed by atoms with E-state index >= 15 is 0 Å². The Hall–Kier alpha value is 0.150. The maximum Gasteiger partial charge on any atom is 0.245 e. The predicted molar refractivity (Wildman–Crippen MR) is 75.2 cm³/mol. The average molecular weight is 329 g/mol. The van der Waals surface area contributed by atoms with Crippen LogP contribution < -0.4 is 0 Å². The molecule has 0 aromatic carbocycles. The molecule has 0 saturated carbocycles. The van der Waals surface area contributed by atoms with Gasteiger partial charge in [0, 0.05) is 26.2 Å². The van der Waals surface area contributed by atoms with Gasteiger partial charge in [-0.1, -0.05) is 30.1 Å². The fourth-order valence-electron chi connectivity index (χ4n) is 1.93. The first-order chi connectivity index (χ1) is 8.45. The molecule has 0 atom stereocenters. The molecule has 0 unspecified atom stereocenters. The molecule has 0 N–H and O–H groups in total. The lowest BCUT2D eigenvalue weighted by atomic mass is 10.4. The Bertz CT molecular complexity index is 522. The largest absolute Gasteiger partial charge is 0.301 e. The zero-order valence-corrected chi connectivity index (χ0v) is 13.0. The van der Waals surface area contributed by atoms with Crippen LogP contribution in [0, 0.1) is 0 Å². The van der Waals surface area contributed by atoms with Crippen LogP contribution >= 0.6 is 34.5 Å². The molecule has 0 bridgehead atoms. The lowest BCUT2D eigenvalue weighted by Gasteiger charge is -2.33. The third kappa shape index (κ3) is 2.84. The number of thiophene rings is 1. The van der Waals surface area contributed by atoms with E-state index in [9.17, 15) is 8.42 Å². The number of halogens is 2. The zero-order valence-electron chi connectivity index (χ0n) is 9.90. The first-order valence-electron chi connectivity index (χ1n) is 5.62. The van der Waals surface area contributed by atoms with Gasteiger partial charge in [0.15, 0.2) is 0 Å². The molecule has 0 radical (unpaired) electrons. The van der Waals surface area contributed by atoms with Crippen molar-refractivity contribution in [3.8, 4) is 0 Å². The van der Waals surface area contributed by atoms with Crippen LogP contribution in [0.4, 0.5) is 0 Å². The van der Waals surface area contributed by atoms with Crippen LogP contribution in [-0.2, 0) is 10.0 Å². The number of hydrogen-bond donors (Lipinski definition) is 0. The fraction of sp³-hybridized carbons (Fsp3) is 0.600. The van der Waals surface area contributed by atoms with Gasteiger partial charge in [0.25, 0.3) is 0 Å². The van der Waals surface area contributed by atoms with E-state index in [4.69, 9.17) is 23.2 Å². The van der Waals surface area contributed by atoms with Gasteiger partial charge in [0.05, 0.1) is 4.34 Å². The Morgan fingerprint density at radius 1 is 1.28 bits per heavy atom. The quantitative estimate of drug-likeness (QED) is 0.855. The maximum absolute atomic E-state index is 12.4. The molecular weight excluding hydrogens is 315 g/mol. The van der Waals surface area contributed by atoms with Crippen molar-refractivity contribution in [1.29, 1.82) is 0 Å². The standard InChI is InChI=1S/C10H14Cl2N2O2S2/c1-2-13-3-5-14(6-4-13)18(15,16)8-7-9(11)17-10(8)12/h7H,2-6H2,1H3. The summed E-state index contributed by atoms with van der Waals surface area (Å²) in [7, 11) is -3.50. The van der Waals surface area contributed by atoms with Crippen molar-refractivity contribution in [3.05, 3.63) is 14.7 Å². The van der Waals surface area contributed by atoms with Crippen LogP contribution in [0.3, 0.4) is 0 Å². The van der Waals surface area contributed by atoms with Gasteiger partial charge in [-0.15, -0.1) is 11.3 Å². The third-order valence-electron chi connectivity index (χ3n) is 3.02. The van der Waals surface area contributed by atoms with E-state index < -0.39 is 10.0 Å². The minimum absolute atomic E-state index is 0.129. The summed E-state index contributed by atoms with van der Waals surface area (Å²) >= 11 is 12.8. The Labute approximate surface area is 121 Å². The normalized spacial score (nSPS) is 19.3. The zero-order chi connectivity index (χ0) is 13.3. The SMILES string of the molecule is CCN1CCN(S(=O)(=O)c2cc(Cl)sc2Cl)CC1. The van der Waals surface area contributed by atoms with Gasteiger partial charge in [0.1, 0.15) is 9.23 Å². The number of hydrogen-bond acceptors (Lipinski definition) is 4. The fourth-order valence-corrected chi connectivity index (χ4v) is 5.46. The van der Waals surface area contributed by atoms with Gasteiger partial charge in [0.2, 0.25) is 10.0 Å². The molecule has 2 rings (SSSR count). The Balaban J connectivity index is 2.20. The number of piperazine rings is 1. The van der Waals surface area contributed by atoms with Crippen molar-refractivity contribution in [2.45, 2.75) is 11.8 Å². The second-order valence-corrected chi connectivity index (χ2v) is 8.22. The van der Waals surface area contributed by atoms with Gasteiger partial charge in [-0.25, -0.2) is 8.42 Å². The van der Waals surface area contributed by atoms with E-state index in [0.717, 1.165) is 31.0 Å². The summed E-state index contributed by atoms with van der Waals surface area (Å²) in [5.41, 5.74) is 0. The minimum atomic E-state index is -3.50. The molecule has 1 aliphatic rings. The van der Waals surface area contributed by atoms with E-state index in [2.05, 4.69) is 11.8 Å². The molecule has 1 aromatic rings. The molecule has 102 valence electrons. The molecule has 0 aliphatic carbocycles. The van der Waals surface area contributed by atoms with E-state index in [1.165, 1.54) is 10.4 Å². The van der Waals surface area contributed by atoms with E-state index in [-0.39, 0.29) is 9.23 Å². The van der Waals surface area contributed by atoms with E-state index in [1.54, 1.807) is 0 Å². The van der Waals surface area contributed by atoms with Gasteiger partial charge in [-0.3, -0.25) is 0 Å². The van der Waals surface area contributed by atoms with Crippen molar-refractivity contribution in [2.75, 3.05) is 32.7 Å². The summed E-state index contributed by atoms with van der Waals surface area (Å²) in [6, 6.07) is 1.43. The second kappa shape index (κ2) is 5.64. The number of nitrogens with zero attached hydrogens (tertiary/aromatic N) is 2. The topological polar surface area (TPSA) is 40.6 Å². The Morgan fingerprint density at radius 2 is 1.89 bits per heavy atom. The first kappa shape index (κ1) is 14.6. The summed E-state index contributed by atoms with van der Waals surface area (Å²) < 4.78 is 26.9. The molecule has 18 heavy (non-hydrogen) atoms. The van der Waals surface area contributed by atoms with Crippen molar-refractivity contribution in [2.24, 2.45) is 0 Å². The van der Waals surface area contributed by atoms with Crippen molar-refractivity contribution in [3.63, 3.8) is 0 Å². The molecule has 4 nitrogen and oxygen atoms in total. The van der Waals surface area contributed by atoms with Crippen molar-refractivity contribution in [1.82, 2.24) is 9.21 Å². The van der Waals surface area contributed by atoms with E-state index in [1.807, 2.05) is 0 Å². The Kier molecular flexibility index (Phi) is 4.57. The van der Waals surface area contributed by atoms with Crippen LogP contribution in [0.25, 0.3) is 0 Å². The smallest absolute Gasteiger partial charge is 0.245 e. The highest BCUT2D eigenvalue weighted by Crippen LogP contribution is 2.35. The molecule has 1 saturated heterocycles. The Morgan fingerprint density at radius 3 is 2.33 bits per heavy atom. The molecule has 1 aromatic heterocycles. The highest BCUT2D eigenvalue weighted by Gasteiger charge is 2.30. The van der Waals surface area contributed by atoms with Crippen LogP contribution in [-0.4, -0.2) is 50.3 Å². The maximum atomic E-state index is 12.4. The summed E-state index contributed by atoms with van der Waals surface area (Å²) in [4.78, 5) is 2.35. The lowest BCUT2D eigenvalue weighted by Crippen LogP contribution is -2.48. The van der Waals surface area contributed by atoms with Crippen LogP contribution in [0.2, 0.25) is 8.67 Å². The molecular formula is C10H14Cl2N2O2S2. The van der Waals surface area contributed by atoms with Gasteiger partial charge < -0.3 is 4.90 Å². The van der Waals surface area contributed by atoms with Crippen LogP contribution in [0.1, 0.15) is 6.92 Å². The number of sulfonamides is 1. The highest BCUT2D eigenvalue weighted by atomic mass is 35.5. The highest BCUT2D eigenvalue weighted by molar-refractivity contribution is 7.89. The average Bonchev–Trinajstić information content (AvgIpc) is 2.69. The number of rotatable bonds is 3. The summed E-state index contributed by atoms with van der Waals surface area (Å²) in [6.45, 7) is 5.52. The first-order valence-corrected chi connectivity index (χ1v) is 8.63.